The molecule has 0 aliphatic heterocycles. The largest absolute Gasteiger partial charge is 0.454 e. The number of amides is 1. The minimum atomic E-state index is -0.715. The molecule has 0 bridgehead atoms. The normalized spacial score (nSPS) is 11.0. The molecule has 174 valence electrons. The summed E-state index contributed by atoms with van der Waals surface area (Å²) in [5, 5.41) is 2.50. The van der Waals surface area contributed by atoms with E-state index in [-0.39, 0.29) is 22.0 Å². The van der Waals surface area contributed by atoms with Crippen LogP contribution in [0.15, 0.2) is 73.3 Å². The second-order valence-electron chi connectivity index (χ2n) is 7.63. The monoisotopic (exact) mass is 491 g/mol. The van der Waals surface area contributed by atoms with Gasteiger partial charge < -0.3 is 10.1 Å². The molecule has 0 aliphatic carbocycles. The van der Waals surface area contributed by atoms with Gasteiger partial charge in [-0.1, -0.05) is 11.6 Å². The zero-order chi connectivity index (χ0) is 24.5. The fourth-order valence-electron chi connectivity index (χ4n) is 3.34. The maximum atomic E-state index is 14.5. The molecule has 1 amide bonds. The number of rotatable bonds is 5. The van der Waals surface area contributed by atoms with E-state index in [0.29, 0.717) is 22.6 Å². The Morgan fingerprint density at radius 3 is 2.63 bits per heavy atom. The number of aromatic nitrogens is 4. The number of carbonyl (C=O) groups is 1. The van der Waals surface area contributed by atoms with Crippen LogP contribution in [0.1, 0.15) is 16.1 Å². The lowest BCUT2D eigenvalue weighted by Gasteiger charge is -2.11. The van der Waals surface area contributed by atoms with Gasteiger partial charge >= 0.3 is 0 Å². The highest BCUT2D eigenvalue weighted by atomic mass is 35.5. The van der Waals surface area contributed by atoms with Crippen molar-refractivity contribution < 1.29 is 18.3 Å². The Balaban J connectivity index is 1.39. The lowest BCUT2D eigenvalue weighted by Crippen LogP contribution is -2.12. The first-order valence-electron chi connectivity index (χ1n) is 10.4. The molecule has 3 aromatic carbocycles. The summed E-state index contributed by atoms with van der Waals surface area (Å²) < 4.78 is 35.6. The maximum Gasteiger partial charge on any atom is 0.255 e. The van der Waals surface area contributed by atoms with E-state index in [0.717, 1.165) is 17.8 Å². The van der Waals surface area contributed by atoms with Crippen molar-refractivity contribution >= 4 is 34.2 Å². The predicted molar refractivity (Wildman–Crippen MR) is 127 cm³/mol. The number of nitrogens with one attached hydrogen (secondary N) is 1. The average molecular weight is 492 g/mol. The van der Waals surface area contributed by atoms with E-state index < -0.39 is 17.5 Å². The molecular formula is C25H16ClF2N5O2. The summed E-state index contributed by atoms with van der Waals surface area (Å²) in [5.74, 6) is -1.14. The zero-order valence-electron chi connectivity index (χ0n) is 18.2. The van der Waals surface area contributed by atoms with Crippen molar-refractivity contribution in [3.05, 3.63) is 101 Å². The highest BCUT2D eigenvalue weighted by Gasteiger charge is 2.13. The van der Waals surface area contributed by atoms with Gasteiger partial charge in [-0.25, -0.2) is 18.7 Å². The van der Waals surface area contributed by atoms with Crippen molar-refractivity contribution in [2.24, 2.45) is 0 Å². The van der Waals surface area contributed by atoms with E-state index in [4.69, 9.17) is 16.3 Å². The first-order chi connectivity index (χ1) is 16.9. The molecule has 0 atom stereocenters. The molecule has 0 radical (unpaired) electrons. The first kappa shape index (κ1) is 22.4. The van der Waals surface area contributed by atoms with E-state index in [1.807, 2.05) is 13.1 Å². The summed E-state index contributed by atoms with van der Waals surface area (Å²) >= 11 is 5.66. The minimum Gasteiger partial charge on any atom is -0.454 e. The zero-order valence-corrected chi connectivity index (χ0v) is 18.9. The number of hydrogen-bond acceptors (Lipinski definition) is 5. The molecule has 0 saturated carbocycles. The second-order valence-corrected chi connectivity index (χ2v) is 8.04. The standard InChI is InChI=1S/C25H16ClF2N5O2/c1-14-12-33(13-30-14)24-11-29-21-7-4-17(10-22(21)32-24)35-23-9-16(3-6-19(23)27)31-25(34)15-2-5-18(26)20(28)8-15/h2-13H,1H3,(H,31,34). The van der Waals surface area contributed by atoms with E-state index in [1.54, 1.807) is 35.3 Å². The summed E-state index contributed by atoms with van der Waals surface area (Å²) in [5.41, 5.74) is 2.35. The van der Waals surface area contributed by atoms with Gasteiger partial charge in [0.1, 0.15) is 17.9 Å². The molecule has 0 saturated heterocycles. The van der Waals surface area contributed by atoms with Crippen LogP contribution in [0.3, 0.4) is 0 Å². The fourth-order valence-corrected chi connectivity index (χ4v) is 3.46. The summed E-state index contributed by atoms with van der Waals surface area (Å²) in [6, 6.07) is 12.5. The van der Waals surface area contributed by atoms with Crippen molar-refractivity contribution in [1.29, 1.82) is 0 Å². The number of hydrogen-bond donors (Lipinski definition) is 1. The third-order valence-electron chi connectivity index (χ3n) is 5.08. The van der Waals surface area contributed by atoms with Crippen molar-refractivity contribution in [2.45, 2.75) is 6.92 Å². The van der Waals surface area contributed by atoms with E-state index in [2.05, 4.69) is 20.3 Å². The van der Waals surface area contributed by atoms with Crippen LogP contribution < -0.4 is 10.1 Å². The van der Waals surface area contributed by atoms with E-state index in [1.165, 1.54) is 24.3 Å². The number of imidazole rings is 1. The Morgan fingerprint density at radius 2 is 1.86 bits per heavy atom. The molecule has 7 nitrogen and oxygen atoms in total. The lowest BCUT2D eigenvalue weighted by atomic mass is 10.2. The summed E-state index contributed by atoms with van der Waals surface area (Å²) in [6.45, 7) is 1.87. The Labute approximate surface area is 203 Å². The molecule has 0 unspecified atom stereocenters. The molecule has 5 aromatic rings. The number of nitrogens with zero attached hydrogens (tertiary/aromatic N) is 4. The van der Waals surface area contributed by atoms with Crippen molar-refractivity contribution in [3.8, 4) is 17.3 Å². The molecule has 2 heterocycles. The van der Waals surface area contributed by atoms with Gasteiger partial charge in [0.05, 0.1) is 27.9 Å². The van der Waals surface area contributed by atoms with Crippen LogP contribution in [0.25, 0.3) is 16.9 Å². The number of ether oxygens (including phenoxy) is 1. The SMILES string of the molecule is Cc1cn(-c2cnc3ccc(Oc4cc(NC(=O)c5ccc(Cl)c(F)c5)ccc4F)cc3n2)cn1. The molecule has 2 aromatic heterocycles. The van der Waals surface area contributed by atoms with Gasteiger partial charge in [0, 0.05) is 29.6 Å². The number of fused-ring (bicyclic) bond motifs is 1. The second kappa shape index (κ2) is 9.11. The molecule has 1 N–H and O–H groups in total. The number of halogens is 3. The Hall–Kier alpha value is -4.37. The molecular weight excluding hydrogens is 476 g/mol. The third-order valence-corrected chi connectivity index (χ3v) is 5.38. The third kappa shape index (κ3) is 4.80. The van der Waals surface area contributed by atoms with Gasteiger partial charge in [0.2, 0.25) is 0 Å². The highest BCUT2D eigenvalue weighted by molar-refractivity contribution is 6.30. The van der Waals surface area contributed by atoms with Crippen LogP contribution in [0.4, 0.5) is 14.5 Å². The van der Waals surface area contributed by atoms with Crippen molar-refractivity contribution in [2.75, 3.05) is 5.32 Å². The van der Waals surface area contributed by atoms with Gasteiger partial charge in [-0.15, -0.1) is 0 Å². The van der Waals surface area contributed by atoms with Gasteiger partial charge in [-0.05, 0) is 49.4 Å². The summed E-state index contributed by atoms with van der Waals surface area (Å²) in [7, 11) is 0. The minimum absolute atomic E-state index is 0.0655. The van der Waals surface area contributed by atoms with Crippen LogP contribution >= 0.6 is 11.6 Å². The van der Waals surface area contributed by atoms with Crippen LogP contribution in [-0.4, -0.2) is 25.4 Å². The van der Waals surface area contributed by atoms with Gasteiger partial charge in [-0.2, -0.15) is 0 Å². The lowest BCUT2D eigenvalue weighted by molar-refractivity contribution is 0.102. The molecule has 5 rings (SSSR count). The van der Waals surface area contributed by atoms with Crippen LogP contribution in [0.5, 0.6) is 11.5 Å². The maximum absolute atomic E-state index is 14.5. The van der Waals surface area contributed by atoms with E-state index >= 15 is 0 Å². The summed E-state index contributed by atoms with van der Waals surface area (Å²) in [4.78, 5) is 25.6. The summed E-state index contributed by atoms with van der Waals surface area (Å²) in [6.07, 6.45) is 5.09. The smallest absolute Gasteiger partial charge is 0.255 e. The molecule has 10 heteroatoms. The van der Waals surface area contributed by atoms with Gasteiger partial charge in [0.15, 0.2) is 17.4 Å². The number of anilines is 1. The van der Waals surface area contributed by atoms with Crippen molar-refractivity contribution in [3.63, 3.8) is 0 Å². The Bertz CT molecular complexity index is 1590. The number of benzene rings is 3. The Kier molecular flexibility index (Phi) is 5.84. The number of carbonyl (C=O) groups excluding carboxylic acids is 1. The highest BCUT2D eigenvalue weighted by Crippen LogP contribution is 2.29. The molecule has 0 aliphatic rings. The van der Waals surface area contributed by atoms with E-state index in [9.17, 15) is 13.6 Å². The topological polar surface area (TPSA) is 81.9 Å². The molecule has 0 spiro atoms. The molecule has 35 heavy (non-hydrogen) atoms. The van der Waals surface area contributed by atoms with Crippen LogP contribution in [-0.2, 0) is 0 Å². The predicted octanol–water partition coefficient (Wildman–Crippen LogP) is 6.10. The Morgan fingerprint density at radius 1 is 1.00 bits per heavy atom. The first-order valence-corrected chi connectivity index (χ1v) is 10.7. The van der Waals surface area contributed by atoms with Gasteiger partial charge in [0.25, 0.3) is 5.91 Å². The van der Waals surface area contributed by atoms with Crippen LogP contribution in [0, 0.1) is 18.6 Å². The fraction of sp³-hybridized carbons (Fsp3) is 0.0400. The van der Waals surface area contributed by atoms with Gasteiger partial charge in [-0.3, -0.25) is 14.3 Å². The quantitative estimate of drug-likeness (QED) is 0.321. The van der Waals surface area contributed by atoms with Crippen LogP contribution in [0.2, 0.25) is 5.02 Å². The number of aryl methyl sites for hydroxylation is 1. The van der Waals surface area contributed by atoms with Crippen molar-refractivity contribution in [1.82, 2.24) is 19.5 Å². The molecule has 0 fully saturated rings. The average Bonchev–Trinajstić information content (AvgIpc) is 3.28.